The summed E-state index contributed by atoms with van der Waals surface area (Å²) < 4.78 is 28.6. The van der Waals surface area contributed by atoms with Crippen LogP contribution < -0.4 is 14.8 Å². The van der Waals surface area contributed by atoms with Gasteiger partial charge in [-0.05, 0) is 60.9 Å². The molecule has 0 spiro atoms. The van der Waals surface area contributed by atoms with Gasteiger partial charge in [0.1, 0.15) is 11.8 Å². The second kappa shape index (κ2) is 11.6. The largest absolute Gasteiger partial charge is 0.494 e. The summed E-state index contributed by atoms with van der Waals surface area (Å²) in [5.74, 6) is -0.513. The van der Waals surface area contributed by atoms with Gasteiger partial charge in [-0.2, -0.15) is 0 Å². The zero-order valence-electron chi connectivity index (χ0n) is 20.9. The van der Waals surface area contributed by atoms with Gasteiger partial charge >= 0.3 is 0 Å². The lowest BCUT2D eigenvalue weighted by Gasteiger charge is -2.28. The Balaban J connectivity index is 1.56. The van der Waals surface area contributed by atoms with Gasteiger partial charge in [0.25, 0.3) is 5.91 Å². The van der Waals surface area contributed by atoms with E-state index in [1.165, 1.54) is 17.0 Å². The number of amides is 3. The standard InChI is InChI=1S/C28H29N3O6S/c1-2-37-23-12-10-22(11-13-23)31-27(33)19-25(28(31)34)30(26(32)18-21-6-4-3-5-7-21)17-16-20-8-14-24(15-9-20)38(29,35)36/h3-15,25H,2,16-19H2,1H3,(H2,29,35,36). The highest BCUT2D eigenvalue weighted by Gasteiger charge is 2.44. The normalized spacial score (nSPS) is 15.5. The fourth-order valence-corrected chi connectivity index (χ4v) is 4.93. The lowest BCUT2D eigenvalue weighted by atomic mass is 10.1. The first-order chi connectivity index (χ1) is 18.2. The smallest absolute Gasteiger partial charge is 0.257 e. The monoisotopic (exact) mass is 535 g/mol. The van der Waals surface area contributed by atoms with Gasteiger partial charge in [-0.1, -0.05) is 42.5 Å². The van der Waals surface area contributed by atoms with Crippen LogP contribution in [0, 0.1) is 0 Å². The number of benzene rings is 3. The van der Waals surface area contributed by atoms with E-state index in [9.17, 15) is 22.8 Å². The molecular formula is C28H29N3O6S. The van der Waals surface area contributed by atoms with Crippen molar-refractivity contribution in [3.8, 4) is 5.75 Å². The maximum Gasteiger partial charge on any atom is 0.257 e. The third-order valence-corrected chi connectivity index (χ3v) is 7.25. The van der Waals surface area contributed by atoms with Crippen LogP contribution >= 0.6 is 0 Å². The van der Waals surface area contributed by atoms with Crippen molar-refractivity contribution in [3.05, 3.63) is 90.0 Å². The number of carbonyl (C=O) groups excluding carboxylic acids is 3. The zero-order valence-corrected chi connectivity index (χ0v) is 21.8. The minimum Gasteiger partial charge on any atom is -0.494 e. The summed E-state index contributed by atoms with van der Waals surface area (Å²) in [6.07, 6.45) is 0.301. The number of hydrogen-bond acceptors (Lipinski definition) is 6. The molecule has 2 N–H and O–H groups in total. The van der Waals surface area contributed by atoms with Crippen LogP contribution in [-0.2, 0) is 37.2 Å². The highest BCUT2D eigenvalue weighted by molar-refractivity contribution is 7.89. The number of carbonyl (C=O) groups is 3. The molecule has 1 atom stereocenters. The first-order valence-corrected chi connectivity index (χ1v) is 13.8. The Hall–Kier alpha value is -4.02. The molecular weight excluding hydrogens is 506 g/mol. The van der Waals surface area contributed by atoms with Crippen molar-refractivity contribution in [2.45, 2.75) is 37.1 Å². The molecule has 1 aliphatic rings. The molecule has 10 heteroatoms. The summed E-state index contributed by atoms with van der Waals surface area (Å²) >= 11 is 0. The van der Waals surface area contributed by atoms with Crippen LogP contribution in [0.5, 0.6) is 5.75 Å². The van der Waals surface area contributed by atoms with Crippen LogP contribution in [0.1, 0.15) is 24.5 Å². The molecule has 3 aromatic carbocycles. The van der Waals surface area contributed by atoms with E-state index in [1.807, 2.05) is 37.3 Å². The molecule has 0 saturated carbocycles. The van der Waals surface area contributed by atoms with Crippen LogP contribution in [0.4, 0.5) is 5.69 Å². The van der Waals surface area contributed by atoms with Crippen LogP contribution in [0.2, 0.25) is 0 Å². The van der Waals surface area contributed by atoms with E-state index in [1.54, 1.807) is 36.4 Å². The number of ether oxygens (including phenoxy) is 1. The molecule has 0 radical (unpaired) electrons. The van der Waals surface area contributed by atoms with Gasteiger partial charge in [-0.15, -0.1) is 0 Å². The molecule has 1 unspecified atom stereocenters. The van der Waals surface area contributed by atoms with E-state index in [0.29, 0.717) is 24.5 Å². The Morgan fingerprint density at radius 3 is 2.24 bits per heavy atom. The van der Waals surface area contributed by atoms with Crippen LogP contribution in [0.3, 0.4) is 0 Å². The quantitative estimate of drug-likeness (QED) is 0.398. The molecule has 1 saturated heterocycles. The zero-order chi connectivity index (χ0) is 27.3. The predicted molar refractivity (Wildman–Crippen MR) is 142 cm³/mol. The maximum absolute atomic E-state index is 13.5. The van der Waals surface area contributed by atoms with Gasteiger partial charge in [0.15, 0.2) is 0 Å². The second-order valence-corrected chi connectivity index (χ2v) is 10.5. The summed E-state index contributed by atoms with van der Waals surface area (Å²) in [5, 5.41) is 5.18. The van der Waals surface area contributed by atoms with E-state index in [4.69, 9.17) is 9.88 Å². The van der Waals surface area contributed by atoms with Gasteiger partial charge in [0.05, 0.1) is 30.0 Å². The molecule has 9 nitrogen and oxygen atoms in total. The van der Waals surface area contributed by atoms with Crippen molar-refractivity contribution in [1.29, 1.82) is 0 Å². The minimum absolute atomic E-state index is 0.0131. The average Bonchev–Trinajstić information content (AvgIpc) is 3.18. The fourth-order valence-electron chi connectivity index (χ4n) is 4.41. The molecule has 4 rings (SSSR count). The number of nitrogens with two attached hydrogens (primary N) is 1. The van der Waals surface area contributed by atoms with Gasteiger partial charge in [0, 0.05) is 6.54 Å². The maximum atomic E-state index is 13.5. The molecule has 1 heterocycles. The molecule has 0 aliphatic carbocycles. The lowest BCUT2D eigenvalue weighted by molar-refractivity contribution is -0.137. The Labute approximate surface area is 221 Å². The molecule has 3 aromatic rings. The van der Waals surface area contributed by atoms with E-state index in [2.05, 4.69) is 0 Å². The van der Waals surface area contributed by atoms with Gasteiger partial charge in [-0.3, -0.25) is 14.4 Å². The van der Waals surface area contributed by atoms with Crippen LogP contribution in [-0.4, -0.2) is 50.2 Å². The Morgan fingerprint density at radius 2 is 1.63 bits per heavy atom. The van der Waals surface area contributed by atoms with E-state index >= 15 is 0 Å². The third kappa shape index (κ3) is 6.27. The number of imide groups is 1. The highest BCUT2D eigenvalue weighted by Crippen LogP contribution is 2.28. The molecule has 38 heavy (non-hydrogen) atoms. The fraction of sp³-hybridized carbons (Fsp3) is 0.250. The molecule has 3 amide bonds. The average molecular weight is 536 g/mol. The molecule has 0 aromatic heterocycles. The van der Waals surface area contributed by atoms with Crippen LogP contribution in [0.15, 0.2) is 83.8 Å². The number of primary sulfonamides is 1. The summed E-state index contributed by atoms with van der Waals surface area (Å²) in [7, 11) is -3.82. The topological polar surface area (TPSA) is 127 Å². The van der Waals surface area contributed by atoms with Crippen LogP contribution in [0.25, 0.3) is 0 Å². The molecule has 198 valence electrons. The Kier molecular flexibility index (Phi) is 8.23. The Morgan fingerprint density at radius 1 is 0.974 bits per heavy atom. The third-order valence-electron chi connectivity index (χ3n) is 6.32. The van der Waals surface area contributed by atoms with Crippen molar-refractivity contribution in [1.82, 2.24) is 4.90 Å². The first-order valence-electron chi connectivity index (χ1n) is 12.2. The van der Waals surface area contributed by atoms with Crippen molar-refractivity contribution in [3.63, 3.8) is 0 Å². The number of sulfonamides is 1. The lowest BCUT2D eigenvalue weighted by Crippen LogP contribution is -2.47. The summed E-state index contributed by atoms with van der Waals surface area (Å²) in [6.45, 7) is 2.52. The summed E-state index contributed by atoms with van der Waals surface area (Å²) in [4.78, 5) is 42.5. The number of hydrogen-bond donors (Lipinski definition) is 1. The molecule has 1 fully saturated rings. The van der Waals surface area contributed by atoms with Gasteiger partial charge in [0.2, 0.25) is 21.8 Å². The number of rotatable bonds is 10. The summed E-state index contributed by atoms with van der Waals surface area (Å²) in [6, 6.07) is 20.9. The Bertz CT molecular complexity index is 1410. The van der Waals surface area contributed by atoms with Crippen molar-refractivity contribution in [2.75, 3.05) is 18.1 Å². The minimum atomic E-state index is -3.82. The van der Waals surface area contributed by atoms with E-state index in [-0.39, 0.29) is 36.1 Å². The molecule has 1 aliphatic heterocycles. The van der Waals surface area contributed by atoms with Crippen molar-refractivity contribution >= 4 is 33.4 Å². The second-order valence-electron chi connectivity index (χ2n) is 8.90. The van der Waals surface area contributed by atoms with Gasteiger partial charge in [-0.25, -0.2) is 18.5 Å². The molecule has 0 bridgehead atoms. The summed E-state index contributed by atoms with van der Waals surface area (Å²) in [5.41, 5.74) is 1.97. The van der Waals surface area contributed by atoms with E-state index in [0.717, 1.165) is 16.0 Å². The SMILES string of the molecule is CCOc1ccc(N2C(=O)CC(N(CCc3ccc(S(N)(=O)=O)cc3)C(=O)Cc3ccccc3)C2=O)cc1. The number of anilines is 1. The first kappa shape index (κ1) is 27.0. The predicted octanol–water partition coefficient (Wildman–Crippen LogP) is 2.68. The number of nitrogens with zero attached hydrogens (tertiary/aromatic N) is 2. The van der Waals surface area contributed by atoms with E-state index < -0.39 is 22.0 Å². The van der Waals surface area contributed by atoms with Crippen molar-refractivity contribution in [2.24, 2.45) is 5.14 Å². The van der Waals surface area contributed by atoms with Crippen molar-refractivity contribution < 1.29 is 27.5 Å². The van der Waals surface area contributed by atoms with Gasteiger partial charge < -0.3 is 9.64 Å². The highest BCUT2D eigenvalue weighted by atomic mass is 32.2.